The van der Waals surface area contributed by atoms with E-state index in [4.69, 9.17) is 0 Å². The lowest BCUT2D eigenvalue weighted by atomic mass is 10.0. The van der Waals surface area contributed by atoms with Gasteiger partial charge in [-0.1, -0.05) is 12.5 Å². The van der Waals surface area contributed by atoms with Crippen molar-refractivity contribution in [3.63, 3.8) is 0 Å². The fourth-order valence-electron chi connectivity index (χ4n) is 2.82. The quantitative estimate of drug-likeness (QED) is 0.700. The van der Waals surface area contributed by atoms with Crippen LogP contribution in [0.25, 0.3) is 0 Å². The first kappa shape index (κ1) is 15.1. The van der Waals surface area contributed by atoms with Gasteiger partial charge in [0.25, 0.3) is 0 Å². The number of hydrogen-bond donors (Lipinski definition) is 3. The van der Waals surface area contributed by atoms with Crippen molar-refractivity contribution in [2.45, 2.75) is 45.2 Å². The van der Waals surface area contributed by atoms with Gasteiger partial charge in [0.1, 0.15) is 11.5 Å². The van der Waals surface area contributed by atoms with Crippen LogP contribution in [0, 0.1) is 0 Å². The molecular formula is C16H26N2O2. The molecular weight excluding hydrogens is 252 g/mol. The predicted octanol–water partition coefficient (Wildman–Crippen LogP) is 2.45. The van der Waals surface area contributed by atoms with Gasteiger partial charge >= 0.3 is 0 Å². The topological polar surface area (TPSA) is 55.7 Å². The highest BCUT2D eigenvalue weighted by Gasteiger charge is 2.16. The minimum absolute atomic E-state index is 0.102. The zero-order valence-corrected chi connectivity index (χ0v) is 12.3. The van der Waals surface area contributed by atoms with E-state index in [0.29, 0.717) is 6.54 Å². The Kier molecular flexibility index (Phi) is 5.68. The Bertz CT molecular complexity index is 423. The second kappa shape index (κ2) is 7.50. The molecule has 0 saturated carbocycles. The van der Waals surface area contributed by atoms with Gasteiger partial charge in [0, 0.05) is 24.2 Å². The van der Waals surface area contributed by atoms with E-state index >= 15 is 0 Å². The number of nitrogens with zero attached hydrogens (tertiary/aromatic N) is 1. The minimum atomic E-state index is 0.102. The van der Waals surface area contributed by atoms with Crippen molar-refractivity contribution in [1.29, 1.82) is 0 Å². The number of aromatic hydroxyl groups is 2. The number of hydrogen-bond acceptors (Lipinski definition) is 4. The van der Waals surface area contributed by atoms with Crippen LogP contribution in [-0.4, -0.2) is 40.8 Å². The molecule has 112 valence electrons. The molecule has 20 heavy (non-hydrogen) atoms. The van der Waals surface area contributed by atoms with Gasteiger partial charge in [-0.25, -0.2) is 0 Å². The molecule has 1 atom stereocenters. The molecule has 0 spiro atoms. The second-order valence-electron chi connectivity index (χ2n) is 5.72. The van der Waals surface area contributed by atoms with Crippen LogP contribution in [0.1, 0.15) is 38.2 Å². The van der Waals surface area contributed by atoms with E-state index in [9.17, 15) is 10.2 Å². The molecule has 1 aromatic carbocycles. The Morgan fingerprint density at radius 1 is 1.30 bits per heavy atom. The molecule has 4 nitrogen and oxygen atoms in total. The van der Waals surface area contributed by atoms with Gasteiger partial charge in [0.05, 0.1) is 0 Å². The molecule has 1 heterocycles. The smallest absolute Gasteiger partial charge is 0.123 e. The third kappa shape index (κ3) is 4.39. The molecule has 1 saturated heterocycles. The van der Waals surface area contributed by atoms with Crippen LogP contribution in [0.4, 0.5) is 0 Å². The van der Waals surface area contributed by atoms with Crippen LogP contribution < -0.4 is 5.32 Å². The molecule has 0 radical (unpaired) electrons. The summed E-state index contributed by atoms with van der Waals surface area (Å²) < 4.78 is 0. The van der Waals surface area contributed by atoms with Crippen LogP contribution in [0.3, 0.4) is 0 Å². The lowest BCUT2D eigenvalue weighted by Crippen LogP contribution is -2.38. The van der Waals surface area contributed by atoms with Crippen molar-refractivity contribution < 1.29 is 10.2 Å². The number of rotatable bonds is 6. The summed E-state index contributed by atoms with van der Waals surface area (Å²) in [5.41, 5.74) is 0.828. The number of phenolic OH excluding ortho intramolecular Hbond substituents is 2. The summed E-state index contributed by atoms with van der Waals surface area (Å²) in [6, 6.07) is 5.47. The monoisotopic (exact) mass is 278 g/mol. The van der Waals surface area contributed by atoms with Gasteiger partial charge < -0.3 is 20.4 Å². The molecule has 0 bridgehead atoms. The van der Waals surface area contributed by atoms with Crippen LogP contribution in [-0.2, 0) is 6.54 Å². The summed E-state index contributed by atoms with van der Waals surface area (Å²) in [5, 5.41) is 22.3. The summed E-state index contributed by atoms with van der Waals surface area (Å²) in [6.45, 7) is 6.29. The zero-order valence-electron chi connectivity index (χ0n) is 12.3. The van der Waals surface area contributed by atoms with E-state index in [0.717, 1.165) is 31.1 Å². The highest BCUT2D eigenvalue weighted by Crippen LogP contribution is 2.22. The Hall–Kier alpha value is -1.26. The van der Waals surface area contributed by atoms with Gasteiger partial charge in [-0.05, 0) is 51.9 Å². The lowest BCUT2D eigenvalue weighted by Gasteiger charge is -2.33. The molecule has 2 rings (SSSR count). The second-order valence-corrected chi connectivity index (χ2v) is 5.72. The maximum absolute atomic E-state index is 9.68. The number of phenols is 2. The molecule has 3 N–H and O–H groups in total. The third-order valence-electron chi connectivity index (χ3n) is 4.12. The molecule has 1 aliphatic rings. The van der Waals surface area contributed by atoms with Gasteiger partial charge in [-0.2, -0.15) is 0 Å². The first-order valence-corrected chi connectivity index (χ1v) is 7.62. The van der Waals surface area contributed by atoms with Crippen LogP contribution in [0.2, 0.25) is 0 Å². The first-order valence-electron chi connectivity index (χ1n) is 7.62. The minimum Gasteiger partial charge on any atom is -0.508 e. The molecule has 0 aromatic heterocycles. The van der Waals surface area contributed by atoms with Crippen molar-refractivity contribution in [3.05, 3.63) is 23.8 Å². The van der Waals surface area contributed by atoms with Crippen LogP contribution in [0.15, 0.2) is 18.2 Å². The average Bonchev–Trinajstić information content (AvgIpc) is 2.42. The van der Waals surface area contributed by atoms with Crippen LogP contribution >= 0.6 is 0 Å². The molecule has 1 aromatic rings. The molecule has 1 unspecified atom stereocenters. The summed E-state index contributed by atoms with van der Waals surface area (Å²) in [5.74, 6) is 0.257. The summed E-state index contributed by atoms with van der Waals surface area (Å²) in [6.07, 6.45) is 5.16. The average molecular weight is 278 g/mol. The van der Waals surface area contributed by atoms with E-state index in [1.54, 1.807) is 12.1 Å². The fourth-order valence-corrected chi connectivity index (χ4v) is 2.82. The lowest BCUT2D eigenvalue weighted by molar-refractivity contribution is 0.159. The Morgan fingerprint density at radius 2 is 2.15 bits per heavy atom. The van der Waals surface area contributed by atoms with Gasteiger partial charge in [0.2, 0.25) is 0 Å². The SMILES string of the molecule is CC1CCCCN1CCCNCc1ccc(O)cc1O. The molecule has 1 aliphatic heterocycles. The van der Waals surface area contributed by atoms with Crippen molar-refractivity contribution in [1.82, 2.24) is 10.2 Å². The highest BCUT2D eigenvalue weighted by molar-refractivity contribution is 5.38. The predicted molar refractivity (Wildman–Crippen MR) is 81.0 cm³/mol. The normalized spacial score (nSPS) is 20.1. The van der Waals surface area contributed by atoms with E-state index in [2.05, 4.69) is 17.1 Å². The molecule has 1 fully saturated rings. The van der Waals surface area contributed by atoms with Crippen molar-refractivity contribution in [2.24, 2.45) is 0 Å². The van der Waals surface area contributed by atoms with E-state index in [-0.39, 0.29) is 11.5 Å². The highest BCUT2D eigenvalue weighted by atomic mass is 16.3. The van der Waals surface area contributed by atoms with Gasteiger partial charge in [-0.3, -0.25) is 0 Å². The fraction of sp³-hybridized carbons (Fsp3) is 0.625. The Balaban J connectivity index is 1.64. The molecule has 4 heteroatoms. The summed E-state index contributed by atoms with van der Waals surface area (Å²) in [4.78, 5) is 2.57. The third-order valence-corrected chi connectivity index (χ3v) is 4.12. The van der Waals surface area contributed by atoms with Crippen molar-refractivity contribution in [3.8, 4) is 11.5 Å². The van der Waals surface area contributed by atoms with Crippen molar-refractivity contribution >= 4 is 0 Å². The van der Waals surface area contributed by atoms with E-state index in [1.165, 1.54) is 31.9 Å². The molecule has 0 aliphatic carbocycles. The summed E-state index contributed by atoms with van der Waals surface area (Å²) in [7, 11) is 0. The number of benzene rings is 1. The van der Waals surface area contributed by atoms with E-state index < -0.39 is 0 Å². The van der Waals surface area contributed by atoms with E-state index in [1.807, 2.05) is 0 Å². The van der Waals surface area contributed by atoms with Gasteiger partial charge in [-0.15, -0.1) is 0 Å². The first-order chi connectivity index (χ1) is 9.66. The standard InChI is InChI=1S/C16H26N2O2/c1-13-5-2-3-9-18(13)10-4-8-17-12-14-6-7-15(19)11-16(14)20/h6-7,11,13,17,19-20H,2-5,8-10,12H2,1H3. The van der Waals surface area contributed by atoms with Crippen LogP contribution in [0.5, 0.6) is 11.5 Å². The maximum atomic E-state index is 9.68. The number of likely N-dealkylation sites (tertiary alicyclic amines) is 1. The van der Waals surface area contributed by atoms with Gasteiger partial charge in [0.15, 0.2) is 0 Å². The number of piperidine rings is 1. The number of nitrogens with one attached hydrogen (secondary N) is 1. The zero-order chi connectivity index (χ0) is 14.4. The Morgan fingerprint density at radius 3 is 2.90 bits per heavy atom. The maximum Gasteiger partial charge on any atom is 0.123 e. The largest absolute Gasteiger partial charge is 0.508 e. The Labute approximate surface area is 121 Å². The summed E-state index contributed by atoms with van der Waals surface area (Å²) >= 11 is 0. The molecule has 0 amide bonds. The van der Waals surface area contributed by atoms with Crippen molar-refractivity contribution in [2.75, 3.05) is 19.6 Å².